The van der Waals surface area contributed by atoms with Gasteiger partial charge in [-0.3, -0.25) is 19.2 Å². The number of ketones is 1. The number of amides is 1. The molecule has 7 nitrogen and oxygen atoms in total. The Kier molecular flexibility index (Phi) is 3.67. The molecule has 0 radical (unpaired) electrons. The van der Waals surface area contributed by atoms with Crippen molar-refractivity contribution in [2.24, 2.45) is 11.8 Å². The molecule has 1 amide bonds. The van der Waals surface area contributed by atoms with Crippen molar-refractivity contribution in [2.75, 3.05) is 13.1 Å². The molecule has 1 aromatic rings. The highest BCUT2D eigenvalue weighted by Crippen LogP contribution is 2.37. The van der Waals surface area contributed by atoms with Gasteiger partial charge in [0.1, 0.15) is 5.69 Å². The normalized spacial score (nSPS) is 32.7. The zero-order valence-corrected chi connectivity index (χ0v) is 13.4. The minimum Gasteiger partial charge on any atom is -0.353 e. The Bertz CT molecular complexity index is 624. The maximum Gasteiger partial charge on any atom is 0.224 e. The van der Waals surface area contributed by atoms with Gasteiger partial charge in [-0.05, 0) is 38.1 Å². The Hall–Kier alpha value is -1.76. The number of nitrogens with zero attached hydrogens (tertiary/aromatic N) is 4. The minimum atomic E-state index is -0.0569. The van der Waals surface area contributed by atoms with Gasteiger partial charge in [-0.1, -0.05) is 5.21 Å². The van der Waals surface area contributed by atoms with Crippen LogP contribution in [-0.4, -0.2) is 56.8 Å². The third-order valence-corrected chi connectivity index (χ3v) is 5.44. The number of nitrogens with one attached hydrogen (secondary N) is 1. The summed E-state index contributed by atoms with van der Waals surface area (Å²) in [6.45, 7) is 4.15. The predicted molar refractivity (Wildman–Crippen MR) is 82.8 cm³/mol. The largest absolute Gasteiger partial charge is 0.353 e. The topological polar surface area (TPSA) is 80.1 Å². The van der Waals surface area contributed by atoms with Crippen LogP contribution in [0.15, 0.2) is 6.20 Å². The highest BCUT2D eigenvalue weighted by molar-refractivity contribution is 5.91. The van der Waals surface area contributed by atoms with E-state index in [1.807, 2.05) is 0 Å². The summed E-state index contributed by atoms with van der Waals surface area (Å²) in [5.74, 6) is 0.808. The van der Waals surface area contributed by atoms with Gasteiger partial charge in [0.25, 0.3) is 0 Å². The first-order valence-electron chi connectivity index (χ1n) is 8.55. The van der Waals surface area contributed by atoms with Crippen molar-refractivity contribution in [2.45, 2.75) is 51.2 Å². The van der Waals surface area contributed by atoms with Gasteiger partial charge in [0.2, 0.25) is 5.91 Å². The van der Waals surface area contributed by atoms with E-state index >= 15 is 0 Å². The summed E-state index contributed by atoms with van der Waals surface area (Å²) in [6.07, 6.45) is 6.14. The molecule has 4 atom stereocenters. The van der Waals surface area contributed by atoms with Crippen LogP contribution in [-0.2, 0) is 11.3 Å². The molecule has 1 aliphatic carbocycles. The first-order chi connectivity index (χ1) is 11.1. The van der Waals surface area contributed by atoms with Crippen molar-refractivity contribution >= 4 is 11.7 Å². The molecule has 1 unspecified atom stereocenters. The maximum atomic E-state index is 12.4. The van der Waals surface area contributed by atoms with E-state index in [2.05, 4.69) is 20.5 Å². The average Bonchev–Trinajstić information content (AvgIpc) is 3.22. The lowest BCUT2D eigenvalue weighted by Gasteiger charge is -2.49. The van der Waals surface area contributed by atoms with E-state index in [-0.39, 0.29) is 17.6 Å². The Morgan fingerprint density at radius 3 is 2.78 bits per heavy atom. The van der Waals surface area contributed by atoms with Crippen LogP contribution in [0, 0.1) is 11.8 Å². The monoisotopic (exact) mass is 317 g/mol. The Labute approximate surface area is 135 Å². The van der Waals surface area contributed by atoms with Crippen LogP contribution >= 0.6 is 0 Å². The molecule has 4 aliphatic rings. The Morgan fingerprint density at radius 1 is 1.35 bits per heavy atom. The minimum absolute atomic E-state index is 0.0569. The Morgan fingerprint density at radius 2 is 2.17 bits per heavy atom. The Balaban J connectivity index is 1.39. The van der Waals surface area contributed by atoms with Crippen molar-refractivity contribution < 1.29 is 9.59 Å². The van der Waals surface area contributed by atoms with Crippen LogP contribution in [0.5, 0.6) is 0 Å². The number of Topliss-reactive ketones (excluding diaryl/α,β-unsaturated/α-hetero) is 1. The summed E-state index contributed by atoms with van der Waals surface area (Å²) < 4.78 is 1.77. The molecule has 7 heteroatoms. The van der Waals surface area contributed by atoms with E-state index in [4.69, 9.17) is 0 Å². The lowest BCUT2D eigenvalue weighted by Crippen LogP contribution is -2.58. The third-order valence-electron chi connectivity index (χ3n) is 5.44. The molecule has 0 spiro atoms. The molecular formula is C16H23N5O2. The van der Waals surface area contributed by atoms with Crippen LogP contribution in [0.25, 0.3) is 0 Å². The van der Waals surface area contributed by atoms with E-state index in [1.54, 1.807) is 10.9 Å². The molecule has 124 valence electrons. The molecule has 1 saturated carbocycles. The van der Waals surface area contributed by atoms with Gasteiger partial charge in [0.05, 0.1) is 18.7 Å². The molecule has 3 saturated heterocycles. The summed E-state index contributed by atoms with van der Waals surface area (Å²) in [4.78, 5) is 26.1. The molecule has 0 aromatic carbocycles. The van der Waals surface area contributed by atoms with E-state index < -0.39 is 0 Å². The van der Waals surface area contributed by atoms with Crippen LogP contribution < -0.4 is 5.32 Å². The van der Waals surface area contributed by atoms with Crippen LogP contribution in [0.3, 0.4) is 0 Å². The lowest BCUT2D eigenvalue weighted by molar-refractivity contribution is -0.133. The number of hydrogen-bond donors (Lipinski definition) is 1. The predicted octanol–water partition coefficient (Wildman–Crippen LogP) is 0.470. The van der Waals surface area contributed by atoms with E-state index in [9.17, 15) is 9.59 Å². The molecule has 1 N–H and O–H groups in total. The molecule has 23 heavy (non-hydrogen) atoms. The van der Waals surface area contributed by atoms with Crippen molar-refractivity contribution in [3.63, 3.8) is 0 Å². The standard InChI is InChI=1S/C16H23N5O2/c1-10(22)15-9-21(19-18-15)7-13-6-11-4-5-20(13)8-14(11)16(23)17-12-2-3-12/h9,11-14H,2-8H2,1H3,(H,17,23)/t11-,13+,14-/m0/s1. The maximum absolute atomic E-state index is 12.4. The first-order valence-corrected chi connectivity index (χ1v) is 8.55. The zero-order chi connectivity index (χ0) is 16.0. The quantitative estimate of drug-likeness (QED) is 0.799. The SMILES string of the molecule is CC(=O)c1cn(C[C@H]2C[C@@H]3CCN2C[C@@H]3C(=O)NC2CC2)nn1. The van der Waals surface area contributed by atoms with Gasteiger partial charge in [0, 0.05) is 25.6 Å². The molecule has 5 rings (SSSR count). The fraction of sp³-hybridized carbons (Fsp3) is 0.750. The lowest BCUT2D eigenvalue weighted by atomic mass is 9.75. The van der Waals surface area contributed by atoms with Crippen LogP contribution in [0.4, 0.5) is 0 Å². The number of piperidine rings is 3. The average molecular weight is 317 g/mol. The van der Waals surface area contributed by atoms with E-state index in [1.165, 1.54) is 6.92 Å². The third kappa shape index (κ3) is 3.02. The number of carbonyl (C=O) groups excluding carboxylic acids is 2. The molecule has 4 heterocycles. The molecule has 4 fully saturated rings. The number of hydrogen-bond acceptors (Lipinski definition) is 5. The van der Waals surface area contributed by atoms with Crippen molar-refractivity contribution in [1.82, 2.24) is 25.2 Å². The highest BCUT2D eigenvalue weighted by Gasteiger charge is 2.44. The smallest absolute Gasteiger partial charge is 0.224 e. The van der Waals surface area contributed by atoms with E-state index in [0.717, 1.165) is 45.3 Å². The number of rotatable bonds is 5. The first kappa shape index (κ1) is 14.8. The summed E-state index contributed by atoms with van der Waals surface area (Å²) in [5.41, 5.74) is 0.419. The molecule has 3 aliphatic heterocycles. The van der Waals surface area contributed by atoms with Crippen LogP contribution in [0.1, 0.15) is 43.1 Å². The number of carbonyl (C=O) groups is 2. The number of fused-ring (bicyclic) bond motifs is 3. The molecule has 2 bridgehead atoms. The van der Waals surface area contributed by atoms with Crippen molar-refractivity contribution in [3.8, 4) is 0 Å². The second-order valence-electron chi connectivity index (χ2n) is 7.20. The zero-order valence-electron chi connectivity index (χ0n) is 13.4. The summed E-state index contributed by atoms with van der Waals surface area (Å²) in [5, 5.41) is 11.1. The van der Waals surface area contributed by atoms with Crippen molar-refractivity contribution in [3.05, 3.63) is 11.9 Å². The van der Waals surface area contributed by atoms with Gasteiger partial charge in [0.15, 0.2) is 5.78 Å². The summed E-state index contributed by atoms with van der Waals surface area (Å²) >= 11 is 0. The second-order valence-corrected chi connectivity index (χ2v) is 7.20. The summed E-state index contributed by atoms with van der Waals surface area (Å²) in [6, 6.07) is 0.828. The highest BCUT2D eigenvalue weighted by atomic mass is 16.2. The fourth-order valence-electron chi connectivity index (χ4n) is 3.93. The fourth-order valence-corrected chi connectivity index (χ4v) is 3.93. The van der Waals surface area contributed by atoms with Gasteiger partial charge in [-0.2, -0.15) is 0 Å². The number of aromatic nitrogens is 3. The van der Waals surface area contributed by atoms with Gasteiger partial charge in [-0.15, -0.1) is 5.10 Å². The van der Waals surface area contributed by atoms with Gasteiger partial charge in [-0.25, -0.2) is 0 Å². The summed E-state index contributed by atoms with van der Waals surface area (Å²) in [7, 11) is 0. The van der Waals surface area contributed by atoms with Crippen LogP contribution in [0.2, 0.25) is 0 Å². The van der Waals surface area contributed by atoms with Gasteiger partial charge >= 0.3 is 0 Å². The molecule has 1 aromatic heterocycles. The van der Waals surface area contributed by atoms with Crippen molar-refractivity contribution in [1.29, 1.82) is 0 Å². The van der Waals surface area contributed by atoms with E-state index in [0.29, 0.717) is 23.7 Å². The van der Waals surface area contributed by atoms with Gasteiger partial charge < -0.3 is 5.32 Å². The molecular weight excluding hydrogens is 294 g/mol. The second kappa shape index (κ2) is 5.70.